The van der Waals surface area contributed by atoms with Crippen molar-refractivity contribution in [2.24, 2.45) is 0 Å². The number of hydrogen-bond acceptors (Lipinski definition) is 3. The van der Waals surface area contributed by atoms with Crippen molar-refractivity contribution >= 4 is 0 Å². The minimum absolute atomic E-state index is 0.0670. The van der Waals surface area contributed by atoms with Crippen LogP contribution in [0.1, 0.15) is 75.6 Å². The molecule has 1 aromatic rings. The van der Waals surface area contributed by atoms with Crippen LogP contribution in [0.2, 0.25) is 0 Å². The first-order valence-corrected chi connectivity index (χ1v) is 7.54. The molecule has 1 fully saturated rings. The largest absolute Gasteiger partial charge is 0.493 e. The summed E-state index contributed by atoms with van der Waals surface area (Å²) < 4.78 is 0. The lowest BCUT2D eigenvalue weighted by Crippen LogP contribution is -2.19. The molecule has 1 saturated carbocycles. The number of aromatic amines is 1. The fourth-order valence-electron chi connectivity index (χ4n) is 2.90. The summed E-state index contributed by atoms with van der Waals surface area (Å²) in [5, 5.41) is 9.93. The van der Waals surface area contributed by atoms with Gasteiger partial charge < -0.3 is 10.1 Å². The van der Waals surface area contributed by atoms with Crippen molar-refractivity contribution in [3.63, 3.8) is 0 Å². The third kappa shape index (κ3) is 3.58. The molecule has 2 N–H and O–H groups in total. The normalized spacial score (nSPS) is 17.9. The quantitative estimate of drug-likeness (QED) is 0.880. The van der Waals surface area contributed by atoms with E-state index in [4.69, 9.17) is 0 Å². The van der Waals surface area contributed by atoms with Crippen molar-refractivity contribution in [3.8, 4) is 5.88 Å². The number of nitrogens with zero attached hydrogens (tertiary/aromatic N) is 1. The Morgan fingerprint density at radius 3 is 2.42 bits per heavy atom. The van der Waals surface area contributed by atoms with Crippen molar-refractivity contribution in [2.75, 3.05) is 0 Å². The average Bonchev–Trinajstić information content (AvgIpc) is 2.33. The molecule has 4 heteroatoms. The van der Waals surface area contributed by atoms with Gasteiger partial charge in [-0.2, -0.15) is 4.98 Å². The minimum atomic E-state index is -0.161. The zero-order valence-corrected chi connectivity index (χ0v) is 11.7. The maximum Gasteiger partial charge on any atom is 0.257 e. The summed E-state index contributed by atoms with van der Waals surface area (Å²) in [7, 11) is 0. The van der Waals surface area contributed by atoms with E-state index in [-0.39, 0.29) is 11.4 Å². The second-order valence-corrected chi connectivity index (χ2v) is 5.55. The zero-order chi connectivity index (χ0) is 13.7. The molecule has 4 nitrogen and oxygen atoms in total. The molecule has 1 aromatic heterocycles. The highest BCUT2D eigenvalue weighted by atomic mass is 16.3. The molecule has 1 aliphatic rings. The Balaban J connectivity index is 2.21. The molecule has 1 aliphatic carbocycles. The van der Waals surface area contributed by atoms with Crippen molar-refractivity contribution in [1.82, 2.24) is 9.97 Å². The van der Waals surface area contributed by atoms with E-state index in [9.17, 15) is 9.90 Å². The van der Waals surface area contributed by atoms with Gasteiger partial charge in [-0.1, -0.05) is 45.4 Å². The van der Waals surface area contributed by atoms with Gasteiger partial charge in [0.1, 0.15) is 5.82 Å². The Bertz CT molecular complexity index is 460. The van der Waals surface area contributed by atoms with Crippen LogP contribution in [0.4, 0.5) is 0 Å². The van der Waals surface area contributed by atoms with E-state index < -0.39 is 0 Å². The van der Waals surface area contributed by atoms with Gasteiger partial charge in [0.15, 0.2) is 0 Å². The summed E-state index contributed by atoms with van der Waals surface area (Å²) in [6, 6.07) is 0. The topological polar surface area (TPSA) is 66.0 Å². The number of nitrogens with one attached hydrogen (secondary N) is 1. The number of hydrogen-bond donors (Lipinski definition) is 2. The zero-order valence-electron chi connectivity index (χ0n) is 11.7. The van der Waals surface area contributed by atoms with Crippen LogP contribution >= 0.6 is 0 Å². The SMILES string of the molecule is CCCc1c(O)nc(C2CCCCCCC2)[nH]c1=O. The molecule has 0 saturated heterocycles. The first-order valence-electron chi connectivity index (χ1n) is 7.54. The maximum absolute atomic E-state index is 12.0. The summed E-state index contributed by atoms with van der Waals surface area (Å²) in [6.07, 6.45) is 9.77. The van der Waals surface area contributed by atoms with E-state index in [1.54, 1.807) is 0 Å². The molecular weight excluding hydrogens is 240 g/mol. The van der Waals surface area contributed by atoms with Crippen LogP contribution in [0.25, 0.3) is 0 Å². The first-order chi connectivity index (χ1) is 9.22. The molecule has 0 aliphatic heterocycles. The van der Waals surface area contributed by atoms with Crippen molar-refractivity contribution in [2.45, 2.75) is 70.6 Å². The Morgan fingerprint density at radius 2 is 1.84 bits per heavy atom. The molecule has 0 bridgehead atoms. The summed E-state index contributed by atoms with van der Waals surface area (Å²) in [4.78, 5) is 19.1. The van der Waals surface area contributed by atoms with Crippen molar-refractivity contribution < 1.29 is 5.11 Å². The van der Waals surface area contributed by atoms with Gasteiger partial charge in [0, 0.05) is 5.92 Å². The Hall–Kier alpha value is -1.32. The number of rotatable bonds is 3. The standard InChI is InChI=1S/C15H24N2O2/c1-2-8-12-14(18)16-13(17-15(12)19)11-9-6-4-3-5-7-10-11/h11H,2-10H2,1H3,(H2,16,17,18,19). The van der Waals surface area contributed by atoms with Gasteiger partial charge in [-0.3, -0.25) is 4.79 Å². The highest BCUT2D eigenvalue weighted by Gasteiger charge is 2.18. The smallest absolute Gasteiger partial charge is 0.257 e. The lowest BCUT2D eigenvalue weighted by Gasteiger charge is -2.19. The molecular formula is C15H24N2O2. The van der Waals surface area contributed by atoms with Gasteiger partial charge in [0.25, 0.3) is 5.56 Å². The van der Waals surface area contributed by atoms with Gasteiger partial charge in [-0.05, 0) is 19.3 Å². The van der Waals surface area contributed by atoms with Gasteiger partial charge in [-0.25, -0.2) is 0 Å². The molecule has 0 aromatic carbocycles. The monoisotopic (exact) mass is 264 g/mol. The van der Waals surface area contributed by atoms with Gasteiger partial charge in [-0.15, -0.1) is 0 Å². The predicted molar refractivity (Wildman–Crippen MR) is 75.6 cm³/mol. The van der Waals surface area contributed by atoms with Crippen LogP contribution in [0.5, 0.6) is 5.88 Å². The molecule has 106 valence electrons. The van der Waals surface area contributed by atoms with E-state index in [0.717, 1.165) is 19.3 Å². The van der Waals surface area contributed by atoms with Crippen molar-refractivity contribution in [1.29, 1.82) is 0 Å². The third-order valence-electron chi connectivity index (χ3n) is 4.00. The molecule has 19 heavy (non-hydrogen) atoms. The molecule has 0 amide bonds. The maximum atomic E-state index is 12.0. The van der Waals surface area contributed by atoms with E-state index in [1.165, 1.54) is 32.1 Å². The molecule has 2 rings (SSSR count). The Labute approximate surface area is 114 Å². The van der Waals surface area contributed by atoms with Gasteiger partial charge >= 0.3 is 0 Å². The second kappa shape index (κ2) is 6.73. The van der Waals surface area contributed by atoms with Crippen LogP contribution in [-0.4, -0.2) is 15.1 Å². The minimum Gasteiger partial charge on any atom is -0.493 e. The predicted octanol–water partition coefficient (Wildman–Crippen LogP) is 3.26. The summed E-state index contributed by atoms with van der Waals surface area (Å²) in [6.45, 7) is 1.99. The van der Waals surface area contributed by atoms with Gasteiger partial charge in [0.2, 0.25) is 5.88 Å². The van der Waals surface area contributed by atoms with E-state index in [0.29, 0.717) is 23.7 Å². The second-order valence-electron chi connectivity index (χ2n) is 5.55. The Kier molecular flexibility index (Phi) is 5.00. The fraction of sp³-hybridized carbons (Fsp3) is 0.733. The highest BCUT2D eigenvalue weighted by molar-refractivity contribution is 5.23. The van der Waals surface area contributed by atoms with Crippen LogP contribution in [0.3, 0.4) is 0 Å². The summed E-state index contributed by atoms with van der Waals surface area (Å²) in [5.74, 6) is 0.918. The summed E-state index contributed by atoms with van der Waals surface area (Å²) in [5.41, 5.74) is 0.267. The fourth-order valence-corrected chi connectivity index (χ4v) is 2.90. The molecule has 0 unspecified atom stereocenters. The Morgan fingerprint density at radius 1 is 1.21 bits per heavy atom. The number of aromatic nitrogens is 2. The highest BCUT2D eigenvalue weighted by Crippen LogP contribution is 2.29. The van der Waals surface area contributed by atoms with Gasteiger partial charge in [0.05, 0.1) is 5.56 Å². The van der Waals surface area contributed by atoms with Crippen molar-refractivity contribution in [3.05, 3.63) is 21.7 Å². The molecule has 1 heterocycles. The first kappa shape index (κ1) is 14.1. The molecule has 0 spiro atoms. The third-order valence-corrected chi connectivity index (χ3v) is 4.00. The van der Waals surface area contributed by atoms with Crippen LogP contribution in [0.15, 0.2) is 4.79 Å². The van der Waals surface area contributed by atoms with Crippen LogP contribution in [0, 0.1) is 0 Å². The lowest BCUT2D eigenvalue weighted by atomic mass is 9.90. The van der Waals surface area contributed by atoms with E-state index in [1.807, 2.05) is 6.92 Å². The summed E-state index contributed by atoms with van der Waals surface area (Å²) >= 11 is 0. The molecule has 0 radical (unpaired) electrons. The molecule has 0 atom stereocenters. The number of aromatic hydroxyl groups is 1. The van der Waals surface area contributed by atoms with Crippen LogP contribution in [-0.2, 0) is 6.42 Å². The lowest BCUT2D eigenvalue weighted by molar-refractivity contribution is 0.413. The van der Waals surface area contributed by atoms with Crippen LogP contribution < -0.4 is 5.56 Å². The number of H-pyrrole nitrogens is 1. The van der Waals surface area contributed by atoms with E-state index in [2.05, 4.69) is 9.97 Å². The van der Waals surface area contributed by atoms with E-state index >= 15 is 0 Å². The average molecular weight is 264 g/mol.